The smallest absolute Gasteiger partial charge is 0.225 e. The Labute approximate surface area is 140 Å². The van der Waals surface area contributed by atoms with E-state index in [9.17, 15) is 4.79 Å². The van der Waals surface area contributed by atoms with Crippen LogP contribution in [0.25, 0.3) is 0 Å². The fourth-order valence-electron chi connectivity index (χ4n) is 1.96. The number of anilines is 1. The molecule has 1 N–H and O–H groups in total. The first kappa shape index (κ1) is 17.1. The van der Waals surface area contributed by atoms with Gasteiger partial charge in [0.15, 0.2) is 11.5 Å². The maximum Gasteiger partial charge on any atom is 0.225 e. The lowest BCUT2D eigenvalue weighted by Gasteiger charge is -2.10. The summed E-state index contributed by atoms with van der Waals surface area (Å²) in [6, 6.07) is 11.1. The Morgan fingerprint density at radius 3 is 2.70 bits per heavy atom. The summed E-state index contributed by atoms with van der Waals surface area (Å²) in [4.78, 5) is 16.2. The zero-order chi connectivity index (χ0) is 16.5. The zero-order valence-corrected chi connectivity index (χ0v) is 14.1. The highest BCUT2D eigenvalue weighted by Crippen LogP contribution is 2.29. The number of thioether (sulfide) groups is 1. The Morgan fingerprint density at radius 1 is 1.17 bits per heavy atom. The molecule has 0 fully saturated rings. The topological polar surface area (TPSA) is 60.5 Å². The van der Waals surface area contributed by atoms with Crippen LogP contribution in [0.5, 0.6) is 11.5 Å². The molecule has 1 aromatic heterocycles. The molecule has 1 amide bonds. The minimum absolute atomic E-state index is 0.0225. The maximum atomic E-state index is 12.0. The number of benzene rings is 1. The molecule has 23 heavy (non-hydrogen) atoms. The van der Waals surface area contributed by atoms with E-state index in [1.165, 1.54) is 0 Å². The third-order valence-corrected chi connectivity index (χ3v) is 4.11. The highest BCUT2D eigenvalue weighted by Gasteiger charge is 2.07. The number of carbonyl (C=O) groups is 1. The molecule has 0 radical (unpaired) electrons. The average molecular weight is 332 g/mol. The van der Waals surface area contributed by atoms with Gasteiger partial charge >= 0.3 is 0 Å². The fraction of sp³-hybridized carbons (Fsp3) is 0.294. The summed E-state index contributed by atoms with van der Waals surface area (Å²) in [6.07, 6.45) is 2.23. The van der Waals surface area contributed by atoms with Crippen molar-refractivity contribution in [1.29, 1.82) is 0 Å². The number of rotatable bonds is 8. The average Bonchev–Trinajstić information content (AvgIpc) is 2.59. The van der Waals surface area contributed by atoms with Crippen LogP contribution in [0.3, 0.4) is 0 Å². The standard InChI is InChI=1S/C17H20N2O3S/c1-21-15-7-6-13(11-16(15)22-2)19-17(20)8-10-23-12-14-5-3-4-9-18-14/h3-7,9,11H,8,10,12H2,1-2H3,(H,19,20). The van der Waals surface area contributed by atoms with Crippen molar-refractivity contribution in [3.8, 4) is 11.5 Å². The third-order valence-electron chi connectivity index (χ3n) is 3.12. The van der Waals surface area contributed by atoms with Crippen LogP contribution in [-0.4, -0.2) is 30.9 Å². The van der Waals surface area contributed by atoms with Crippen LogP contribution >= 0.6 is 11.8 Å². The van der Waals surface area contributed by atoms with Gasteiger partial charge in [0.2, 0.25) is 5.91 Å². The molecule has 0 unspecified atom stereocenters. The number of ether oxygens (including phenoxy) is 2. The van der Waals surface area contributed by atoms with Crippen molar-refractivity contribution in [2.45, 2.75) is 12.2 Å². The summed E-state index contributed by atoms with van der Waals surface area (Å²) in [7, 11) is 3.15. The maximum absolute atomic E-state index is 12.0. The van der Waals surface area contributed by atoms with E-state index in [1.54, 1.807) is 50.4 Å². The molecule has 122 valence electrons. The second kappa shape index (κ2) is 9.05. The fourth-order valence-corrected chi connectivity index (χ4v) is 2.82. The van der Waals surface area contributed by atoms with Crippen LogP contribution < -0.4 is 14.8 Å². The molecule has 2 aromatic rings. The molecular weight excluding hydrogens is 312 g/mol. The van der Waals surface area contributed by atoms with E-state index in [4.69, 9.17) is 9.47 Å². The molecule has 0 aliphatic carbocycles. The molecule has 0 atom stereocenters. The van der Waals surface area contributed by atoms with E-state index >= 15 is 0 Å². The summed E-state index contributed by atoms with van der Waals surface area (Å²) in [6.45, 7) is 0. The van der Waals surface area contributed by atoms with Crippen LogP contribution in [0.1, 0.15) is 12.1 Å². The normalized spacial score (nSPS) is 10.2. The number of hydrogen-bond donors (Lipinski definition) is 1. The minimum atomic E-state index is -0.0225. The molecule has 0 aliphatic heterocycles. The van der Waals surface area contributed by atoms with Gasteiger partial charge < -0.3 is 14.8 Å². The third kappa shape index (κ3) is 5.49. The number of hydrogen-bond acceptors (Lipinski definition) is 5. The van der Waals surface area contributed by atoms with Crippen LogP contribution in [0, 0.1) is 0 Å². The zero-order valence-electron chi connectivity index (χ0n) is 13.2. The monoisotopic (exact) mass is 332 g/mol. The number of nitrogens with zero attached hydrogens (tertiary/aromatic N) is 1. The Hall–Kier alpha value is -2.21. The molecule has 1 aromatic carbocycles. The van der Waals surface area contributed by atoms with E-state index in [0.717, 1.165) is 17.2 Å². The predicted octanol–water partition coefficient (Wildman–Crippen LogP) is 3.36. The van der Waals surface area contributed by atoms with Crippen molar-refractivity contribution in [2.24, 2.45) is 0 Å². The number of methoxy groups -OCH3 is 2. The van der Waals surface area contributed by atoms with Gasteiger partial charge in [0.05, 0.1) is 19.9 Å². The summed E-state index contributed by atoms with van der Waals surface area (Å²) in [5.74, 6) is 2.76. The van der Waals surface area contributed by atoms with Crippen LogP contribution in [0.4, 0.5) is 5.69 Å². The molecule has 2 rings (SSSR count). The number of nitrogens with one attached hydrogen (secondary N) is 1. The summed E-state index contributed by atoms with van der Waals surface area (Å²) in [5, 5.41) is 2.86. The first-order valence-corrected chi connectivity index (χ1v) is 8.38. The van der Waals surface area contributed by atoms with Crippen LogP contribution in [-0.2, 0) is 10.5 Å². The van der Waals surface area contributed by atoms with Gasteiger partial charge in [-0.25, -0.2) is 0 Å². The van der Waals surface area contributed by atoms with Crippen molar-refractivity contribution in [2.75, 3.05) is 25.3 Å². The van der Waals surface area contributed by atoms with Gasteiger partial charge in [0.1, 0.15) is 0 Å². The molecule has 6 heteroatoms. The molecule has 0 saturated carbocycles. The van der Waals surface area contributed by atoms with Crippen molar-refractivity contribution < 1.29 is 14.3 Å². The van der Waals surface area contributed by atoms with Gasteiger partial charge in [-0.15, -0.1) is 0 Å². The van der Waals surface area contributed by atoms with Crippen molar-refractivity contribution in [3.63, 3.8) is 0 Å². The van der Waals surface area contributed by atoms with E-state index in [2.05, 4.69) is 10.3 Å². The predicted molar refractivity (Wildman–Crippen MR) is 93.2 cm³/mol. The minimum Gasteiger partial charge on any atom is -0.493 e. The Bertz CT molecular complexity index is 635. The van der Waals surface area contributed by atoms with Crippen molar-refractivity contribution in [3.05, 3.63) is 48.3 Å². The summed E-state index contributed by atoms with van der Waals surface area (Å²) < 4.78 is 10.4. The number of aromatic nitrogens is 1. The van der Waals surface area contributed by atoms with Gasteiger partial charge in [0, 0.05) is 35.9 Å². The van der Waals surface area contributed by atoms with Crippen LogP contribution in [0.2, 0.25) is 0 Å². The van der Waals surface area contributed by atoms with E-state index in [1.807, 2.05) is 18.2 Å². The number of carbonyl (C=O) groups excluding carboxylic acids is 1. The molecule has 0 saturated heterocycles. The molecule has 0 aliphatic rings. The van der Waals surface area contributed by atoms with Crippen LogP contribution in [0.15, 0.2) is 42.6 Å². The molecule has 5 nitrogen and oxygen atoms in total. The Kier molecular flexibility index (Phi) is 6.75. The van der Waals surface area contributed by atoms with Gasteiger partial charge in [-0.2, -0.15) is 11.8 Å². The second-order valence-electron chi connectivity index (χ2n) is 4.74. The number of amides is 1. The highest BCUT2D eigenvalue weighted by molar-refractivity contribution is 7.98. The van der Waals surface area contributed by atoms with Crippen molar-refractivity contribution >= 4 is 23.4 Å². The largest absolute Gasteiger partial charge is 0.493 e. The number of pyridine rings is 1. The Balaban J connectivity index is 1.76. The molecular formula is C17H20N2O3S. The summed E-state index contributed by atoms with van der Waals surface area (Å²) in [5.41, 5.74) is 1.72. The lowest BCUT2D eigenvalue weighted by Crippen LogP contribution is -2.12. The SMILES string of the molecule is COc1ccc(NC(=O)CCSCc2ccccn2)cc1OC. The molecule has 1 heterocycles. The van der Waals surface area contributed by atoms with Gasteiger partial charge in [0.25, 0.3) is 0 Å². The molecule has 0 spiro atoms. The van der Waals surface area contributed by atoms with Gasteiger partial charge in [-0.1, -0.05) is 6.07 Å². The van der Waals surface area contributed by atoms with E-state index in [-0.39, 0.29) is 5.91 Å². The van der Waals surface area contributed by atoms with Gasteiger partial charge in [-0.05, 0) is 24.3 Å². The highest BCUT2D eigenvalue weighted by atomic mass is 32.2. The second-order valence-corrected chi connectivity index (χ2v) is 5.85. The van der Waals surface area contributed by atoms with Crippen molar-refractivity contribution in [1.82, 2.24) is 4.98 Å². The first-order valence-electron chi connectivity index (χ1n) is 7.22. The molecule has 0 bridgehead atoms. The lowest BCUT2D eigenvalue weighted by molar-refractivity contribution is -0.115. The summed E-state index contributed by atoms with van der Waals surface area (Å²) >= 11 is 1.69. The first-order chi connectivity index (χ1) is 11.2. The Morgan fingerprint density at radius 2 is 2.00 bits per heavy atom. The van der Waals surface area contributed by atoms with Gasteiger partial charge in [-0.3, -0.25) is 9.78 Å². The van der Waals surface area contributed by atoms with E-state index < -0.39 is 0 Å². The van der Waals surface area contributed by atoms with E-state index in [0.29, 0.717) is 23.6 Å². The quantitative estimate of drug-likeness (QED) is 0.751. The lowest BCUT2D eigenvalue weighted by atomic mass is 10.2.